The lowest BCUT2D eigenvalue weighted by Gasteiger charge is -2.10. The average Bonchev–Trinajstić information content (AvgIpc) is 2.53. The highest BCUT2D eigenvalue weighted by Gasteiger charge is 2.15. The van der Waals surface area contributed by atoms with Crippen LogP contribution in [0.15, 0.2) is 59.5 Å². The highest BCUT2D eigenvalue weighted by Crippen LogP contribution is 2.16. The fourth-order valence-electron chi connectivity index (χ4n) is 2.03. The fraction of sp³-hybridized carbons (Fsp3) is 0.250. The van der Waals surface area contributed by atoms with Crippen molar-refractivity contribution in [2.45, 2.75) is 24.0 Å². The summed E-state index contributed by atoms with van der Waals surface area (Å²) >= 11 is 0. The smallest absolute Gasteiger partial charge is 0.240 e. The Labute approximate surface area is 143 Å². The van der Waals surface area contributed by atoms with Gasteiger partial charge in [0.15, 0.2) is 0 Å². The Kier molecular flexibility index (Phi) is 5.98. The lowest BCUT2D eigenvalue weighted by atomic mass is 10.2. The number of rotatable bonds is 8. The van der Waals surface area contributed by atoms with Gasteiger partial charge in [-0.15, -0.1) is 0 Å². The molecule has 0 aliphatic carbocycles. The van der Waals surface area contributed by atoms with Crippen LogP contribution in [0.5, 0.6) is 0 Å². The SMILES string of the molecule is CCCNS(=O)(=O)c1ccc(NS(=O)(=O)Cc2ccccc2)cc1. The summed E-state index contributed by atoms with van der Waals surface area (Å²) < 4.78 is 53.2. The van der Waals surface area contributed by atoms with Gasteiger partial charge in [0.25, 0.3) is 0 Å². The van der Waals surface area contributed by atoms with Crippen LogP contribution in [-0.4, -0.2) is 23.4 Å². The zero-order valence-electron chi connectivity index (χ0n) is 13.3. The summed E-state index contributed by atoms with van der Waals surface area (Å²) in [4.78, 5) is 0.0990. The fourth-order valence-corrected chi connectivity index (χ4v) is 4.36. The number of anilines is 1. The maximum absolute atomic E-state index is 12.2. The van der Waals surface area contributed by atoms with Crippen molar-refractivity contribution in [3.8, 4) is 0 Å². The van der Waals surface area contributed by atoms with Crippen LogP contribution in [0, 0.1) is 0 Å². The van der Waals surface area contributed by atoms with Crippen molar-refractivity contribution in [2.24, 2.45) is 0 Å². The minimum absolute atomic E-state index is 0.0990. The molecule has 8 heteroatoms. The van der Waals surface area contributed by atoms with Crippen molar-refractivity contribution in [3.05, 3.63) is 60.2 Å². The molecule has 2 rings (SSSR count). The van der Waals surface area contributed by atoms with Crippen LogP contribution in [0.2, 0.25) is 0 Å². The summed E-state index contributed by atoms with van der Waals surface area (Å²) in [5.74, 6) is -0.147. The molecule has 0 bridgehead atoms. The third kappa shape index (κ3) is 5.33. The minimum atomic E-state index is -3.57. The van der Waals surface area contributed by atoms with Crippen LogP contribution in [-0.2, 0) is 25.8 Å². The van der Waals surface area contributed by atoms with Crippen molar-refractivity contribution >= 4 is 25.7 Å². The van der Waals surface area contributed by atoms with Gasteiger partial charge in [0.1, 0.15) is 0 Å². The Balaban J connectivity index is 2.08. The Morgan fingerprint density at radius 1 is 0.875 bits per heavy atom. The molecular formula is C16H20N2O4S2. The van der Waals surface area contributed by atoms with Crippen molar-refractivity contribution in [1.82, 2.24) is 4.72 Å². The van der Waals surface area contributed by atoms with Gasteiger partial charge < -0.3 is 0 Å². The number of hydrogen-bond acceptors (Lipinski definition) is 4. The predicted octanol–water partition coefficient (Wildman–Crippen LogP) is 2.32. The zero-order chi connectivity index (χ0) is 17.6. The molecule has 0 aliphatic heterocycles. The standard InChI is InChI=1S/C16H20N2O4S2/c1-2-12-17-24(21,22)16-10-8-15(9-11-16)18-23(19,20)13-14-6-4-3-5-7-14/h3-11,17-18H,2,12-13H2,1H3. The molecule has 24 heavy (non-hydrogen) atoms. The quantitative estimate of drug-likeness (QED) is 0.748. The van der Waals surface area contributed by atoms with Crippen molar-refractivity contribution < 1.29 is 16.8 Å². The molecule has 6 nitrogen and oxygen atoms in total. The molecule has 130 valence electrons. The first kappa shape index (κ1) is 18.4. The lowest BCUT2D eigenvalue weighted by molar-refractivity contribution is 0.581. The van der Waals surface area contributed by atoms with E-state index in [1.54, 1.807) is 24.3 Å². The number of sulfonamides is 2. The molecule has 2 aromatic rings. The molecule has 0 aromatic heterocycles. The Bertz CT molecular complexity index is 862. The first-order valence-electron chi connectivity index (χ1n) is 7.46. The Morgan fingerprint density at radius 2 is 1.50 bits per heavy atom. The van der Waals surface area contributed by atoms with E-state index in [0.717, 1.165) is 0 Å². The van der Waals surface area contributed by atoms with Crippen LogP contribution in [0.4, 0.5) is 5.69 Å². The second-order valence-electron chi connectivity index (χ2n) is 5.27. The van der Waals surface area contributed by atoms with E-state index in [0.29, 0.717) is 24.2 Å². The number of nitrogens with one attached hydrogen (secondary N) is 2. The van der Waals surface area contributed by atoms with Crippen molar-refractivity contribution in [1.29, 1.82) is 0 Å². The third-order valence-electron chi connectivity index (χ3n) is 3.18. The van der Waals surface area contributed by atoms with Gasteiger partial charge in [-0.1, -0.05) is 37.3 Å². The molecule has 0 spiro atoms. The molecule has 0 fully saturated rings. The van der Waals surface area contributed by atoms with E-state index < -0.39 is 20.0 Å². The van der Waals surface area contributed by atoms with Crippen LogP contribution in [0.1, 0.15) is 18.9 Å². The van der Waals surface area contributed by atoms with E-state index in [1.807, 2.05) is 13.0 Å². The summed E-state index contributed by atoms with van der Waals surface area (Å²) in [7, 11) is -7.12. The first-order valence-corrected chi connectivity index (χ1v) is 10.6. The monoisotopic (exact) mass is 368 g/mol. The van der Waals surface area contributed by atoms with Crippen LogP contribution >= 0.6 is 0 Å². The molecule has 0 unspecified atom stereocenters. The summed E-state index contributed by atoms with van der Waals surface area (Å²) in [5, 5.41) is 0. The summed E-state index contributed by atoms with van der Waals surface area (Å²) in [6.07, 6.45) is 0.691. The molecular weight excluding hydrogens is 348 g/mol. The van der Waals surface area contributed by atoms with E-state index in [2.05, 4.69) is 9.44 Å². The molecule has 0 aliphatic rings. The van der Waals surface area contributed by atoms with Crippen LogP contribution in [0.3, 0.4) is 0 Å². The lowest BCUT2D eigenvalue weighted by Crippen LogP contribution is -2.24. The highest BCUT2D eigenvalue weighted by atomic mass is 32.2. The largest absolute Gasteiger partial charge is 0.283 e. The first-order chi connectivity index (χ1) is 11.3. The third-order valence-corrected chi connectivity index (χ3v) is 5.92. The average molecular weight is 368 g/mol. The molecule has 0 saturated heterocycles. The molecule has 0 amide bonds. The van der Waals surface area contributed by atoms with E-state index in [-0.39, 0.29) is 10.6 Å². The molecule has 0 atom stereocenters. The zero-order valence-corrected chi connectivity index (χ0v) is 14.9. The van der Waals surface area contributed by atoms with Gasteiger partial charge in [-0.3, -0.25) is 4.72 Å². The van der Waals surface area contributed by atoms with Gasteiger partial charge in [-0.25, -0.2) is 21.6 Å². The van der Waals surface area contributed by atoms with Crippen LogP contribution in [0.25, 0.3) is 0 Å². The molecule has 0 saturated carbocycles. The summed E-state index contributed by atoms with van der Waals surface area (Å²) in [6.45, 7) is 2.22. The second-order valence-corrected chi connectivity index (χ2v) is 8.76. The van der Waals surface area contributed by atoms with Gasteiger partial charge in [-0.05, 0) is 36.2 Å². The van der Waals surface area contributed by atoms with Gasteiger partial charge >= 0.3 is 0 Å². The molecule has 0 radical (unpaired) electrons. The van der Waals surface area contributed by atoms with Crippen molar-refractivity contribution in [3.63, 3.8) is 0 Å². The molecule has 2 aromatic carbocycles. The van der Waals surface area contributed by atoms with E-state index in [1.165, 1.54) is 24.3 Å². The maximum atomic E-state index is 12.2. The van der Waals surface area contributed by atoms with E-state index in [9.17, 15) is 16.8 Å². The summed E-state index contributed by atoms with van der Waals surface area (Å²) in [6, 6.07) is 14.4. The predicted molar refractivity (Wildman–Crippen MR) is 94.6 cm³/mol. The maximum Gasteiger partial charge on any atom is 0.240 e. The van der Waals surface area contributed by atoms with Gasteiger partial charge in [0.2, 0.25) is 20.0 Å². The van der Waals surface area contributed by atoms with E-state index >= 15 is 0 Å². The Hall–Kier alpha value is -1.90. The molecule has 0 heterocycles. The molecule has 2 N–H and O–H groups in total. The summed E-state index contributed by atoms with van der Waals surface area (Å²) in [5.41, 5.74) is 0.994. The normalized spacial score (nSPS) is 12.0. The van der Waals surface area contributed by atoms with Gasteiger partial charge in [0, 0.05) is 12.2 Å². The number of benzene rings is 2. The number of hydrogen-bond donors (Lipinski definition) is 2. The van der Waals surface area contributed by atoms with Gasteiger partial charge in [0.05, 0.1) is 10.6 Å². The Morgan fingerprint density at radius 3 is 2.08 bits per heavy atom. The van der Waals surface area contributed by atoms with E-state index in [4.69, 9.17) is 0 Å². The van der Waals surface area contributed by atoms with Gasteiger partial charge in [-0.2, -0.15) is 0 Å². The minimum Gasteiger partial charge on any atom is -0.283 e. The van der Waals surface area contributed by atoms with Crippen molar-refractivity contribution in [2.75, 3.05) is 11.3 Å². The topological polar surface area (TPSA) is 92.3 Å². The second kappa shape index (κ2) is 7.78. The highest BCUT2D eigenvalue weighted by molar-refractivity contribution is 7.92. The van der Waals surface area contributed by atoms with Crippen LogP contribution < -0.4 is 9.44 Å².